The molecule has 0 aliphatic carbocycles. The number of benzene rings is 1. The van der Waals surface area contributed by atoms with E-state index in [9.17, 15) is 0 Å². The molecule has 0 atom stereocenters. The maximum absolute atomic E-state index is 9.05. The standard InChI is InChI=1S/C14H20N2O2/c1-5-18-14(2,3)10-16-13-8-12(17-4)7-6-11(13)9-15/h6-8,16H,5,10H2,1-4H3. The molecule has 0 saturated carbocycles. The van der Waals surface area contributed by atoms with Crippen LogP contribution in [-0.2, 0) is 4.74 Å². The van der Waals surface area contributed by atoms with Crippen LogP contribution >= 0.6 is 0 Å². The predicted molar refractivity (Wildman–Crippen MR) is 71.9 cm³/mol. The lowest BCUT2D eigenvalue weighted by atomic mass is 10.1. The Morgan fingerprint density at radius 2 is 2.11 bits per heavy atom. The average molecular weight is 248 g/mol. The smallest absolute Gasteiger partial charge is 0.121 e. The van der Waals surface area contributed by atoms with Gasteiger partial charge in [-0.05, 0) is 32.9 Å². The van der Waals surface area contributed by atoms with Gasteiger partial charge in [-0.1, -0.05) is 0 Å². The monoisotopic (exact) mass is 248 g/mol. The third-order valence-electron chi connectivity index (χ3n) is 2.59. The lowest BCUT2D eigenvalue weighted by Gasteiger charge is -2.25. The molecule has 0 unspecified atom stereocenters. The molecule has 0 aliphatic heterocycles. The van der Waals surface area contributed by atoms with Gasteiger partial charge in [0.2, 0.25) is 0 Å². The van der Waals surface area contributed by atoms with E-state index < -0.39 is 0 Å². The summed E-state index contributed by atoms with van der Waals surface area (Å²) in [5.74, 6) is 0.728. The number of nitriles is 1. The molecule has 98 valence electrons. The van der Waals surface area contributed by atoms with Gasteiger partial charge in [-0.3, -0.25) is 0 Å². The van der Waals surface area contributed by atoms with Gasteiger partial charge in [-0.2, -0.15) is 5.26 Å². The molecule has 1 N–H and O–H groups in total. The number of anilines is 1. The molecule has 0 aliphatic rings. The van der Waals surface area contributed by atoms with E-state index in [4.69, 9.17) is 14.7 Å². The Morgan fingerprint density at radius 3 is 2.67 bits per heavy atom. The van der Waals surface area contributed by atoms with Gasteiger partial charge in [0.05, 0.1) is 24.0 Å². The first kappa shape index (κ1) is 14.3. The maximum atomic E-state index is 9.05. The maximum Gasteiger partial charge on any atom is 0.121 e. The van der Waals surface area contributed by atoms with Crippen molar-refractivity contribution < 1.29 is 9.47 Å². The Bertz CT molecular complexity index is 436. The number of nitrogens with one attached hydrogen (secondary N) is 1. The summed E-state index contributed by atoms with van der Waals surface area (Å²) < 4.78 is 10.8. The number of nitrogens with zero attached hydrogens (tertiary/aromatic N) is 1. The highest BCUT2D eigenvalue weighted by molar-refractivity contribution is 5.60. The molecule has 0 radical (unpaired) electrons. The van der Waals surface area contributed by atoms with Crippen LogP contribution in [0.25, 0.3) is 0 Å². The van der Waals surface area contributed by atoms with Crippen molar-refractivity contribution in [1.29, 1.82) is 5.26 Å². The lowest BCUT2D eigenvalue weighted by Crippen LogP contribution is -2.33. The van der Waals surface area contributed by atoms with E-state index in [1.807, 2.05) is 26.8 Å². The minimum absolute atomic E-state index is 0.273. The first-order valence-corrected chi connectivity index (χ1v) is 5.98. The van der Waals surface area contributed by atoms with Crippen molar-refractivity contribution >= 4 is 5.69 Å². The fourth-order valence-corrected chi connectivity index (χ4v) is 1.64. The molecule has 4 heteroatoms. The number of hydrogen-bond acceptors (Lipinski definition) is 4. The largest absolute Gasteiger partial charge is 0.497 e. The summed E-state index contributed by atoms with van der Waals surface area (Å²) in [4.78, 5) is 0. The second-order valence-electron chi connectivity index (χ2n) is 4.57. The van der Waals surface area contributed by atoms with Gasteiger partial charge >= 0.3 is 0 Å². The third kappa shape index (κ3) is 3.94. The highest BCUT2D eigenvalue weighted by Gasteiger charge is 2.17. The van der Waals surface area contributed by atoms with Crippen LogP contribution in [0, 0.1) is 11.3 Å². The summed E-state index contributed by atoms with van der Waals surface area (Å²) in [6.45, 7) is 7.28. The highest BCUT2D eigenvalue weighted by atomic mass is 16.5. The average Bonchev–Trinajstić information content (AvgIpc) is 2.36. The Hall–Kier alpha value is -1.73. The Kier molecular flexibility index (Phi) is 4.99. The normalized spacial score (nSPS) is 10.8. The number of ether oxygens (including phenoxy) is 2. The van der Waals surface area contributed by atoms with E-state index in [1.54, 1.807) is 19.2 Å². The lowest BCUT2D eigenvalue weighted by molar-refractivity contribution is 0.000693. The Balaban J connectivity index is 2.80. The summed E-state index contributed by atoms with van der Waals surface area (Å²) in [6, 6.07) is 7.50. The van der Waals surface area contributed by atoms with Gasteiger partial charge in [0, 0.05) is 19.2 Å². The molecular weight excluding hydrogens is 228 g/mol. The van der Waals surface area contributed by atoms with E-state index in [0.29, 0.717) is 18.7 Å². The molecule has 0 saturated heterocycles. The minimum Gasteiger partial charge on any atom is -0.497 e. The van der Waals surface area contributed by atoms with Gasteiger partial charge in [0.15, 0.2) is 0 Å². The molecule has 0 amide bonds. The molecule has 1 rings (SSSR count). The van der Waals surface area contributed by atoms with Crippen LogP contribution in [0.3, 0.4) is 0 Å². The van der Waals surface area contributed by atoms with Gasteiger partial charge in [0.1, 0.15) is 11.8 Å². The first-order chi connectivity index (χ1) is 8.52. The van der Waals surface area contributed by atoms with E-state index in [1.165, 1.54) is 0 Å². The van der Waals surface area contributed by atoms with E-state index in [0.717, 1.165) is 11.4 Å². The van der Waals surface area contributed by atoms with Crippen LogP contribution in [0.1, 0.15) is 26.3 Å². The summed E-state index contributed by atoms with van der Waals surface area (Å²) in [7, 11) is 1.61. The van der Waals surface area contributed by atoms with E-state index >= 15 is 0 Å². The van der Waals surface area contributed by atoms with Crippen LogP contribution < -0.4 is 10.1 Å². The zero-order valence-electron chi connectivity index (χ0n) is 11.4. The van der Waals surface area contributed by atoms with Crippen molar-refractivity contribution in [2.24, 2.45) is 0 Å². The van der Waals surface area contributed by atoms with Crippen LogP contribution in [-0.4, -0.2) is 25.9 Å². The second-order valence-corrected chi connectivity index (χ2v) is 4.57. The van der Waals surface area contributed by atoms with Crippen LogP contribution in [0.5, 0.6) is 5.75 Å². The van der Waals surface area contributed by atoms with Crippen molar-refractivity contribution in [1.82, 2.24) is 0 Å². The van der Waals surface area contributed by atoms with Crippen molar-refractivity contribution in [2.45, 2.75) is 26.4 Å². The van der Waals surface area contributed by atoms with Crippen molar-refractivity contribution in [2.75, 3.05) is 25.6 Å². The summed E-state index contributed by atoms with van der Waals surface area (Å²) in [5, 5.41) is 12.3. The summed E-state index contributed by atoms with van der Waals surface area (Å²) >= 11 is 0. The molecule has 0 aromatic heterocycles. The van der Waals surface area contributed by atoms with Gasteiger partial charge in [-0.15, -0.1) is 0 Å². The first-order valence-electron chi connectivity index (χ1n) is 5.98. The molecule has 0 spiro atoms. The van der Waals surface area contributed by atoms with Crippen molar-refractivity contribution in [3.63, 3.8) is 0 Å². The van der Waals surface area contributed by atoms with Crippen molar-refractivity contribution in [3.05, 3.63) is 23.8 Å². The fourth-order valence-electron chi connectivity index (χ4n) is 1.64. The van der Waals surface area contributed by atoms with Gasteiger partial charge in [0.25, 0.3) is 0 Å². The Morgan fingerprint density at radius 1 is 1.39 bits per heavy atom. The predicted octanol–water partition coefficient (Wildman–Crippen LogP) is 2.79. The van der Waals surface area contributed by atoms with Crippen LogP contribution in [0.15, 0.2) is 18.2 Å². The van der Waals surface area contributed by atoms with Gasteiger partial charge < -0.3 is 14.8 Å². The Labute approximate surface area is 109 Å². The molecule has 4 nitrogen and oxygen atoms in total. The van der Waals surface area contributed by atoms with Crippen LogP contribution in [0.2, 0.25) is 0 Å². The molecule has 1 aromatic carbocycles. The van der Waals surface area contributed by atoms with E-state index in [-0.39, 0.29) is 5.60 Å². The topological polar surface area (TPSA) is 54.3 Å². The molecule has 1 aromatic rings. The van der Waals surface area contributed by atoms with Crippen molar-refractivity contribution in [3.8, 4) is 11.8 Å². The number of hydrogen-bond donors (Lipinski definition) is 1. The number of rotatable bonds is 6. The quantitative estimate of drug-likeness (QED) is 0.841. The minimum atomic E-state index is -0.273. The molecule has 18 heavy (non-hydrogen) atoms. The summed E-state index contributed by atoms with van der Waals surface area (Å²) in [5.41, 5.74) is 1.10. The fraction of sp³-hybridized carbons (Fsp3) is 0.500. The van der Waals surface area contributed by atoms with Crippen LogP contribution in [0.4, 0.5) is 5.69 Å². The highest BCUT2D eigenvalue weighted by Crippen LogP contribution is 2.23. The zero-order chi connectivity index (χ0) is 13.6. The SMILES string of the molecule is CCOC(C)(C)CNc1cc(OC)ccc1C#N. The van der Waals surface area contributed by atoms with E-state index in [2.05, 4.69) is 11.4 Å². The molecule has 0 heterocycles. The summed E-state index contributed by atoms with van der Waals surface area (Å²) in [6.07, 6.45) is 0. The third-order valence-corrected chi connectivity index (χ3v) is 2.59. The number of methoxy groups -OCH3 is 1. The molecule has 0 fully saturated rings. The molecular formula is C14H20N2O2. The zero-order valence-corrected chi connectivity index (χ0v) is 11.4. The molecule has 0 bridgehead atoms. The van der Waals surface area contributed by atoms with Gasteiger partial charge in [-0.25, -0.2) is 0 Å². The second kappa shape index (κ2) is 6.27.